The minimum Gasteiger partial charge on any atom is -0.497 e. The summed E-state index contributed by atoms with van der Waals surface area (Å²) in [4.78, 5) is 19.0. The van der Waals surface area contributed by atoms with Crippen LogP contribution in [-0.4, -0.2) is 36.0 Å². The maximum absolute atomic E-state index is 12.5. The van der Waals surface area contributed by atoms with Crippen molar-refractivity contribution in [2.24, 2.45) is 0 Å². The summed E-state index contributed by atoms with van der Waals surface area (Å²) < 4.78 is 5.15. The van der Waals surface area contributed by atoms with E-state index in [0.29, 0.717) is 17.1 Å². The van der Waals surface area contributed by atoms with E-state index in [9.17, 15) is 4.79 Å². The van der Waals surface area contributed by atoms with Crippen LogP contribution >= 0.6 is 0 Å². The van der Waals surface area contributed by atoms with Crippen molar-refractivity contribution < 1.29 is 9.53 Å². The van der Waals surface area contributed by atoms with Crippen LogP contribution in [0.3, 0.4) is 0 Å². The smallest absolute Gasteiger partial charge is 0.256 e. The van der Waals surface area contributed by atoms with Gasteiger partial charge in [-0.15, -0.1) is 0 Å². The Labute approximate surface area is 142 Å². The van der Waals surface area contributed by atoms with Crippen LogP contribution in [0.1, 0.15) is 35.2 Å². The largest absolute Gasteiger partial charge is 0.497 e. The van der Waals surface area contributed by atoms with Gasteiger partial charge in [-0.3, -0.25) is 9.69 Å². The average Bonchev–Trinajstić information content (AvgIpc) is 2.63. The third-order valence-corrected chi connectivity index (χ3v) is 4.25. The predicted octanol–water partition coefficient (Wildman–Crippen LogP) is 3.33. The number of hydrogen-bond acceptors (Lipinski definition) is 4. The van der Waals surface area contributed by atoms with E-state index in [1.54, 1.807) is 25.4 Å². The van der Waals surface area contributed by atoms with Crippen LogP contribution in [0.2, 0.25) is 0 Å². The van der Waals surface area contributed by atoms with Crippen molar-refractivity contribution in [1.82, 2.24) is 9.88 Å². The molecular weight excluding hydrogens is 302 g/mol. The Kier molecular flexibility index (Phi) is 5.43. The van der Waals surface area contributed by atoms with E-state index in [1.807, 2.05) is 18.2 Å². The van der Waals surface area contributed by atoms with Crippen molar-refractivity contribution in [3.05, 3.63) is 53.7 Å². The third-order valence-electron chi connectivity index (χ3n) is 4.25. The third kappa shape index (κ3) is 4.32. The van der Waals surface area contributed by atoms with E-state index in [4.69, 9.17) is 4.74 Å². The van der Waals surface area contributed by atoms with E-state index in [-0.39, 0.29) is 5.91 Å². The monoisotopic (exact) mass is 325 g/mol. The molecule has 0 bridgehead atoms. The van der Waals surface area contributed by atoms with Gasteiger partial charge >= 0.3 is 0 Å². The second kappa shape index (κ2) is 7.93. The molecule has 126 valence electrons. The van der Waals surface area contributed by atoms with Gasteiger partial charge in [-0.25, -0.2) is 4.98 Å². The molecule has 1 aromatic heterocycles. The normalized spacial score (nSPS) is 15.0. The Morgan fingerprint density at radius 1 is 1.21 bits per heavy atom. The van der Waals surface area contributed by atoms with Crippen LogP contribution in [0.15, 0.2) is 42.6 Å². The summed E-state index contributed by atoms with van der Waals surface area (Å²) in [6, 6.07) is 11.3. The SMILES string of the molecule is COc1ccnc(NC(=O)c2cccc(CN3CCCCC3)c2)c1. The molecule has 2 heterocycles. The van der Waals surface area contributed by atoms with Crippen LogP contribution in [0.25, 0.3) is 0 Å². The average molecular weight is 325 g/mol. The molecule has 1 saturated heterocycles. The molecule has 0 spiro atoms. The molecule has 1 N–H and O–H groups in total. The highest BCUT2D eigenvalue weighted by atomic mass is 16.5. The number of pyridine rings is 1. The molecule has 1 aliphatic rings. The van der Waals surface area contributed by atoms with Gasteiger partial charge in [0.05, 0.1) is 7.11 Å². The Bertz CT molecular complexity index is 697. The number of carbonyl (C=O) groups is 1. The Morgan fingerprint density at radius 2 is 2.04 bits per heavy atom. The van der Waals surface area contributed by atoms with Gasteiger partial charge in [-0.2, -0.15) is 0 Å². The van der Waals surface area contributed by atoms with E-state index in [0.717, 1.165) is 19.6 Å². The topological polar surface area (TPSA) is 54.5 Å². The van der Waals surface area contributed by atoms with Gasteiger partial charge in [0, 0.05) is 24.4 Å². The number of nitrogens with zero attached hydrogens (tertiary/aromatic N) is 2. The second-order valence-electron chi connectivity index (χ2n) is 6.07. The lowest BCUT2D eigenvalue weighted by atomic mass is 10.1. The molecule has 0 aliphatic carbocycles. The molecule has 3 rings (SSSR count). The Morgan fingerprint density at radius 3 is 2.83 bits per heavy atom. The van der Waals surface area contributed by atoms with Gasteiger partial charge in [0.1, 0.15) is 11.6 Å². The van der Waals surface area contributed by atoms with Gasteiger partial charge < -0.3 is 10.1 Å². The van der Waals surface area contributed by atoms with Gasteiger partial charge in [-0.05, 0) is 49.7 Å². The van der Waals surface area contributed by atoms with Gasteiger partial charge in [0.2, 0.25) is 0 Å². The molecule has 1 aromatic carbocycles. The van der Waals surface area contributed by atoms with E-state index in [2.05, 4.69) is 21.3 Å². The van der Waals surface area contributed by atoms with Crippen molar-refractivity contribution >= 4 is 11.7 Å². The number of rotatable bonds is 5. The lowest BCUT2D eigenvalue weighted by Gasteiger charge is -2.26. The summed E-state index contributed by atoms with van der Waals surface area (Å²) in [6.07, 6.45) is 5.47. The molecule has 0 unspecified atom stereocenters. The predicted molar refractivity (Wildman–Crippen MR) is 94.3 cm³/mol. The lowest BCUT2D eigenvalue weighted by Crippen LogP contribution is -2.29. The number of ether oxygens (including phenoxy) is 1. The summed E-state index contributed by atoms with van der Waals surface area (Å²) in [5.74, 6) is 0.996. The Balaban J connectivity index is 1.67. The maximum atomic E-state index is 12.5. The van der Waals surface area contributed by atoms with Crippen molar-refractivity contribution in [2.75, 3.05) is 25.5 Å². The van der Waals surface area contributed by atoms with Gasteiger partial charge in [0.15, 0.2) is 0 Å². The highest BCUT2D eigenvalue weighted by Crippen LogP contribution is 2.17. The molecule has 1 aliphatic heterocycles. The molecular formula is C19H23N3O2. The molecule has 2 aromatic rings. The number of carbonyl (C=O) groups excluding carboxylic acids is 1. The molecule has 0 radical (unpaired) electrons. The Hall–Kier alpha value is -2.40. The number of aromatic nitrogens is 1. The number of likely N-dealkylation sites (tertiary alicyclic amines) is 1. The first-order chi connectivity index (χ1) is 11.7. The summed E-state index contributed by atoms with van der Waals surface area (Å²) in [7, 11) is 1.59. The van der Waals surface area contributed by atoms with Gasteiger partial charge in [-0.1, -0.05) is 18.6 Å². The summed E-state index contributed by atoms with van der Waals surface area (Å²) in [5, 5.41) is 2.82. The number of anilines is 1. The van der Waals surface area contributed by atoms with E-state index >= 15 is 0 Å². The number of methoxy groups -OCH3 is 1. The molecule has 5 nitrogen and oxygen atoms in total. The first-order valence-corrected chi connectivity index (χ1v) is 8.37. The number of hydrogen-bond donors (Lipinski definition) is 1. The van der Waals surface area contributed by atoms with E-state index < -0.39 is 0 Å². The first kappa shape index (κ1) is 16.5. The fourth-order valence-corrected chi connectivity index (χ4v) is 2.98. The zero-order chi connectivity index (χ0) is 16.8. The molecule has 1 fully saturated rings. The van der Waals surface area contributed by atoms with Crippen molar-refractivity contribution in [3.63, 3.8) is 0 Å². The van der Waals surface area contributed by atoms with Crippen LogP contribution in [0.4, 0.5) is 5.82 Å². The lowest BCUT2D eigenvalue weighted by molar-refractivity contribution is 0.102. The minimum atomic E-state index is -0.156. The fourth-order valence-electron chi connectivity index (χ4n) is 2.98. The van der Waals surface area contributed by atoms with Crippen molar-refractivity contribution in [2.45, 2.75) is 25.8 Å². The van der Waals surface area contributed by atoms with Crippen LogP contribution in [-0.2, 0) is 6.54 Å². The van der Waals surface area contributed by atoms with Crippen molar-refractivity contribution in [3.8, 4) is 5.75 Å². The molecule has 0 atom stereocenters. The standard InChI is InChI=1S/C19H23N3O2/c1-24-17-8-9-20-18(13-17)21-19(23)16-7-5-6-15(12-16)14-22-10-3-2-4-11-22/h5-9,12-13H,2-4,10-11,14H2,1H3,(H,20,21,23). The number of piperidine rings is 1. The van der Waals surface area contributed by atoms with Crippen LogP contribution in [0.5, 0.6) is 5.75 Å². The summed E-state index contributed by atoms with van der Waals surface area (Å²) in [5.41, 5.74) is 1.82. The van der Waals surface area contributed by atoms with Crippen molar-refractivity contribution in [1.29, 1.82) is 0 Å². The number of amides is 1. The number of benzene rings is 1. The molecule has 5 heteroatoms. The second-order valence-corrected chi connectivity index (χ2v) is 6.07. The zero-order valence-corrected chi connectivity index (χ0v) is 14.0. The summed E-state index contributed by atoms with van der Waals surface area (Å²) >= 11 is 0. The summed E-state index contributed by atoms with van der Waals surface area (Å²) in [6.45, 7) is 3.19. The van der Waals surface area contributed by atoms with Gasteiger partial charge in [0.25, 0.3) is 5.91 Å². The zero-order valence-electron chi connectivity index (χ0n) is 14.0. The minimum absolute atomic E-state index is 0.156. The number of nitrogens with one attached hydrogen (secondary N) is 1. The molecule has 24 heavy (non-hydrogen) atoms. The highest BCUT2D eigenvalue weighted by Gasteiger charge is 2.12. The molecule has 0 saturated carbocycles. The maximum Gasteiger partial charge on any atom is 0.256 e. The fraction of sp³-hybridized carbons (Fsp3) is 0.368. The van der Waals surface area contributed by atoms with Crippen LogP contribution in [0, 0.1) is 0 Å². The highest BCUT2D eigenvalue weighted by molar-refractivity contribution is 6.03. The molecule has 1 amide bonds. The van der Waals surface area contributed by atoms with Crippen LogP contribution < -0.4 is 10.1 Å². The quantitative estimate of drug-likeness (QED) is 0.916. The first-order valence-electron chi connectivity index (χ1n) is 8.37. The van der Waals surface area contributed by atoms with E-state index in [1.165, 1.54) is 24.8 Å².